The zero-order valence-electron chi connectivity index (χ0n) is 17.2. The minimum atomic E-state index is -0.320. The first-order chi connectivity index (χ1) is 14.1. The number of rotatable bonds is 9. The van der Waals surface area contributed by atoms with Gasteiger partial charge >= 0.3 is 5.97 Å². The van der Waals surface area contributed by atoms with Crippen molar-refractivity contribution >= 4 is 5.97 Å². The molecule has 0 fully saturated rings. The van der Waals surface area contributed by atoms with Gasteiger partial charge in [-0.1, -0.05) is 105 Å². The monoisotopic (exact) mass is 387 g/mol. The van der Waals surface area contributed by atoms with Crippen LogP contribution in [0.15, 0.2) is 91.0 Å². The Labute approximate surface area is 174 Å². The summed E-state index contributed by atoms with van der Waals surface area (Å²) in [6.07, 6.45) is 0. The van der Waals surface area contributed by atoms with Gasteiger partial charge in [0.25, 0.3) is 0 Å². The first-order valence-corrected chi connectivity index (χ1v) is 10.2. The average Bonchev–Trinajstić information content (AvgIpc) is 2.74. The zero-order valence-corrected chi connectivity index (χ0v) is 17.2. The number of benzene rings is 3. The van der Waals surface area contributed by atoms with Gasteiger partial charge in [0.15, 0.2) is 0 Å². The molecule has 0 radical (unpaired) electrons. The molecular weight excluding hydrogens is 358 g/mol. The molecule has 0 aliphatic carbocycles. The molecule has 0 heterocycles. The van der Waals surface area contributed by atoms with Crippen LogP contribution in [0, 0.1) is 5.92 Å². The minimum absolute atomic E-state index is 0.130. The van der Waals surface area contributed by atoms with Crippen LogP contribution in [0.3, 0.4) is 0 Å². The number of hydrogen-bond acceptors (Lipinski definition) is 3. The van der Waals surface area contributed by atoms with Gasteiger partial charge in [0.1, 0.15) is 12.6 Å². The lowest BCUT2D eigenvalue weighted by atomic mass is 10.0. The summed E-state index contributed by atoms with van der Waals surface area (Å²) in [5, 5.41) is 0. The fourth-order valence-corrected chi connectivity index (χ4v) is 3.55. The van der Waals surface area contributed by atoms with Gasteiger partial charge in [-0.2, -0.15) is 0 Å². The number of carbonyl (C=O) groups excluding carboxylic acids is 1. The van der Waals surface area contributed by atoms with Crippen LogP contribution in [0.1, 0.15) is 30.5 Å². The van der Waals surface area contributed by atoms with E-state index >= 15 is 0 Å². The Morgan fingerprint density at radius 1 is 0.724 bits per heavy atom. The van der Waals surface area contributed by atoms with Gasteiger partial charge in [0.2, 0.25) is 0 Å². The summed E-state index contributed by atoms with van der Waals surface area (Å²) in [7, 11) is 0. The second-order valence-corrected chi connectivity index (χ2v) is 7.66. The molecule has 0 amide bonds. The van der Waals surface area contributed by atoms with Gasteiger partial charge in [0.05, 0.1) is 0 Å². The third kappa shape index (κ3) is 6.30. The number of ether oxygens (including phenoxy) is 1. The molecule has 29 heavy (non-hydrogen) atoms. The van der Waals surface area contributed by atoms with E-state index in [1.165, 1.54) is 11.1 Å². The van der Waals surface area contributed by atoms with Crippen LogP contribution >= 0.6 is 0 Å². The summed E-state index contributed by atoms with van der Waals surface area (Å²) in [5.74, 6) is -0.0404. The third-order valence-electron chi connectivity index (χ3n) is 4.95. The van der Waals surface area contributed by atoms with Crippen LogP contribution in [-0.2, 0) is 29.2 Å². The quantitative estimate of drug-likeness (QED) is 0.457. The van der Waals surface area contributed by atoms with Crippen LogP contribution in [0.25, 0.3) is 0 Å². The topological polar surface area (TPSA) is 29.5 Å². The average molecular weight is 388 g/mol. The van der Waals surface area contributed by atoms with Crippen LogP contribution in [0.2, 0.25) is 0 Å². The number of esters is 1. The van der Waals surface area contributed by atoms with E-state index in [0.717, 1.165) is 5.56 Å². The SMILES string of the molecule is CC(C)C(C(=O)OCc1ccccc1)N(Cc1ccccc1)Cc1ccccc1. The molecule has 3 heteroatoms. The highest BCUT2D eigenvalue weighted by atomic mass is 16.5. The molecule has 0 aliphatic heterocycles. The Morgan fingerprint density at radius 3 is 1.55 bits per heavy atom. The van der Waals surface area contributed by atoms with E-state index in [-0.39, 0.29) is 17.9 Å². The van der Waals surface area contributed by atoms with Gasteiger partial charge in [0, 0.05) is 13.1 Å². The van der Waals surface area contributed by atoms with Crippen molar-refractivity contribution in [3.63, 3.8) is 0 Å². The smallest absolute Gasteiger partial charge is 0.323 e. The second kappa shape index (κ2) is 10.6. The standard InChI is InChI=1S/C26H29NO2/c1-21(2)25(26(28)29-20-24-16-10-5-11-17-24)27(18-22-12-6-3-7-13-22)19-23-14-8-4-9-15-23/h3-17,21,25H,18-20H2,1-2H3. The lowest BCUT2D eigenvalue weighted by Gasteiger charge is -2.33. The molecule has 0 aromatic heterocycles. The van der Waals surface area contributed by atoms with Gasteiger partial charge in [-0.25, -0.2) is 0 Å². The van der Waals surface area contributed by atoms with Gasteiger partial charge < -0.3 is 4.74 Å². The van der Waals surface area contributed by atoms with E-state index in [9.17, 15) is 4.79 Å². The molecule has 3 rings (SSSR count). The Morgan fingerprint density at radius 2 is 1.14 bits per heavy atom. The Bertz CT molecular complexity index is 821. The molecule has 0 aliphatic rings. The van der Waals surface area contributed by atoms with E-state index in [1.807, 2.05) is 66.7 Å². The normalized spacial score (nSPS) is 12.1. The molecule has 0 saturated heterocycles. The summed E-state index contributed by atoms with van der Waals surface area (Å²) < 4.78 is 5.73. The van der Waals surface area contributed by atoms with Crippen molar-refractivity contribution in [1.82, 2.24) is 4.90 Å². The van der Waals surface area contributed by atoms with E-state index < -0.39 is 0 Å². The van der Waals surface area contributed by atoms with Crippen molar-refractivity contribution in [3.05, 3.63) is 108 Å². The molecule has 0 N–H and O–H groups in total. The van der Waals surface area contributed by atoms with Crippen molar-refractivity contribution in [2.45, 2.75) is 39.6 Å². The van der Waals surface area contributed by atoms with Crippen LogP contribution in [0.4, 0.5) is 0 Å². The van der Waals surface area contributed by atoms with E-state index in [2.05, 4.69) is 43.0 Å². The fraction of sp³-hybridized carbons (Fsp3) is 0.269. The summed E-state index contributed by atoms with van der Waals surface area (Å²) in [5.41, 5.74) is 3.37. The molecule has 0 spiro atoms. The summed E-state index contributed by atoms with van der Waals surface area (Å²) in [4.78, 5) is 15.3. The largest absolute Gasteiger partial charge is 0.460 e. The highest BCUT2D eigenvalue weighted by Crippen LogP contribution is 2.20. The molecule has 150 valence electrons. The molecule has 1 unspecified atom stereocenters. The second-order valence-electron chi connectivity index (χ2n) is 7.66. The van der Waals surface area contributed by atoms with E-state index in [4.69, 9.17) is 4.74 Å². The molecular formula is C26H29NO2. The predicted octanol–water partition coefficient (Wildman–Crippen LogP) is 5.46. The van der Waals surface area contributed by atoms with Crippen molar-refractivity contribution in [3.8, 4) is 0 Å². The Hall–Kier alpha value is -2.91. The van der Waals surface area contributed by atoms with E-state index in [1.54, 1.807) is 0 Å². The first kappa shape index (κ1) is 20.8. The molecule has 1 atom stereocenters. The van der Waals surface area contributed by atoms with Crippen molar-refractivity contribution in [2.24, 2.45) is 5.92 Å². The third-order valence-corrected chi connectivity index (χ3v) is 4.95. The maximum Gasteiger partial charge on any atom is 0.323 e. The van der Waals surface area contributed by atoms with Gasteiger partial charge in [-0.3, -0.25) is 9.69 Å². The number of carbonyl (C=O) groups is 1. The highest BCUT2D eigenvalue weighted by Gasteiger charge is 2.30. The summed E-state index contributed by atoms with van der Waals surface area (Å²) >= 11 is 0. The van der Waals surface area contributed by atoms with Crippen LogP contribution in [-0.4, -0.2) is 16.9 Å². The first-order valence-electron chi connectivity index (χ1n) is 10.2. The van der Waals surface area contributed by atoms with Gasteiger partial charge in [-0.05, 0) is 22.6 Å². The molecule has 0 bridgehead atoms. The minimum Gasteiger partial charge on any atom is -0.460 e. The van der Waals surface area contributed by atoms with Crippen LogP contribution in [0.5, 0.6) is 0 Å². The predicted molar refractivity (Wildman–Crippen MR) is 117 cm³/mol. The van der Waals surface area contributed by atoms with Crippen molar-refractivity contribution < 1.29 is 9.53 Å². The van der Waals surface area contributed by atoms with Crippen molar-refractivity contribution in [1.29, 1.82) is 0 Å². The Kier molecular flexibility index (Phi) is 7.60. The summed E-state index contributed by atoms with van der Waals surface area (Å²) in [6, 6.07) is 30.1. The van der Waals surface area contributed by atoms with Crippen molar-refractivity contribution in [2.75, 3.05) is 0 Å². The maximum absolute atomic E-state index is 13.1. The zero-order chi connectivity index (χ0) is 20.5. The molecule has 3 aromatic carbocycles. The fourth-order valence-electron chi connectivity index (χ4n) is 3.55. The highest BCUT2D eigenvalue weighted by molar-refractivity contribution is 5.76. The number of nitrogens with zero attached hydrogens (tertiary/aromatic N) is 1. The summed E-state index contributed by atoms with van der Waals surface area (Å²) in [6.45, 7) is 5.85. The molecule has 3 nitrogen and oxygen atoms in total. The molecule has 0 saturated carbocycles. The van der Waals surface area contributed by atoms with Gasteiger partial charge in [-0.15, -0.1) is 0 Å². The van der Waals surface area contributed by atoms with E-state index in [0.29, 0.717) is 19.7 Å². The van der Waals surface area contributed by atoms with Crippen LogP contribution < -0.4 is 0 Å². The maximum atomic E-state index is 13.1. The lowest BCUT2D eigenvalue weighted by Crippen LogP contribution is -2.44. The Balaban J connectivity index is 1.79. The molecule has 3 aromatic rings. The number of hydrogen-bond donors (Lipinski definition) is 0. The lowest BCUT2D eigenvalue weighted by molar-refractivity contribution is -0.154.